The number of halogens is 2. The van der Waals surface area contributed by atoms with Crippen LogP contribution in [0.1, 0.15) is 17.2 Å². The molecule has 2 aromatic carbocycles. The minimum atomic E-state index is -0.434. The van der Waals surface area contributed by atoms with Crippen LogP contribution in [0.5, 0.6) is 0 Å². The van der Waals surface area contributed by atoms with Gasteiger partial charge in [0.2, 0.25) is 0 Å². The molecule has 0 saturated carbocycles. The van der Waals surface area contributed by atoms with Crippen molar-refractivity contribution in [2.24, 2.45) is 5.73 Å². The van der Waals surface area contributed by atoms with Crippen LogP contribution in [0.15, 0.2) is 48.5 Å². The first kappa shape index (κ1) is 10.8. The molecule has 0 amide bonds. The largest absolute Gasteiger partial charge is 0.320 e. The van der Waals surface area contributed by atoms with Gasteiger partial charge in [0, 0.05) is 0 Å². The van der Waals surface area contributed by atoms with E-state index in [4.69, 9.17) is 5.73 Å². The monoisotopic (exact) mass is 219 g/mol. The average molecular weight is 219 g/mol. The van der Waals surface area contributed by atoms with Crippen molar-refractivity contribution in [3.8, 4) is 0 Å². The molecule has 0 radical (unpaired) electrons. The van der Waals surface area contributed by atoms with Crippen LogP contribution in [0.25, 0.3) is 0 Å². The molecular formula is C13H11F2N. The highest BCUT2D eigenvalue weighted by molar-refractivity contribution is 5.31. The van der Waals surface area contributed by atoms with E-state index in [1.165, 1.54) is 24.3 Å². The van der Waals surface area contributed by atoms with E-state index in [2.05, 4.69) is 0 Å². The quantitative estimate of drug-likeness (QED) is 0.825. The summed E-state index contributed by atoms with van der Waals surface area (Å²) in [6.45, 7) is 0. The van der Waals surface area contributed by atoms with Crippen LogP contribution in [-0.2, 0) is 0 Å². The Labute approximate surface area is 92.5 Å². The molecule has 0 bridgehead atoms. The molecule has 3 heteroatoms. The Balaban J connectivity index is 2.31. The Hall–Kier alpha value is -1.74. The predicted octanol–water partition coefficient (Wildman–Crippen LogP) is 3.01. The summed E-state index contributed by atoms with van der Waals surface area (Å²) in [5.74, 6) is -0.634. The first-order valence-corrected chi connectivity index (χ1v) is 4.93. The van der Waals surface area contributed by atoms with Crippen molar-refractivity contribution in [3.63, 3.8) is 0 Å². The summed E-state index contributed by atoms with van der Waals surface area (Å²) in [5.41, 5.74) is 7.38. The van der Waals surface area contributed by atoms with Crippen LogP contribution < -0.4 is 5.73 Å². The van der Waals surface area contributed by atoms with Gasteiger partial charge in [0.05, 0.1) is 6.04 Å². The fourth-order valence-electron chi connectivity index (χ4n) is 1.56. The second-order valence-corrected chi connectivity index (χ2v) is 3.58. The third-order valence-electron chi connectivity index (χ3n) is 2.44. The molecule has 82 valence electrons. The Kier molecular flexibility index (Phi) is 2.97. The number of benzene rings is 2. The fourth-order valence-corrected chi connectivity index (χ4v) is 1.56. The van der Waals surface area contributed by atoms with Gasteiger partial charge < -0.3 is 5.73 Å². The van der Waals surface area contributed by atoms with Gasteiger partial charge in [-0.25, -0.2) is 8.78 Å². The SMILES string of the molecule is N[C@H](c1ccc(F)cc1)c1cccc(F)c1. The van der Waals surface area contributed by atoms with Crippen LogP contribution in [0, 0.1) is 11.6 Å². The van der Waals surface area contributed by atoms with Gasteiger partial charge in [-0.3, -0.25) is 0 Å². The molecule has 0 heterocycles. The predicted molar refractivity (Wildman–Crippen MR) is 58.8 cm³/mol. The highest BCUT2D eigenvalue weighted by Gasteiger charge is 2.09. The average Bonchev–Trinajstić information content (AvgIpc) is 2.29. The molecule has 0 aliphatic heterocycles. The zero-order valence-electron chi connectivity index (χ0n) is 8.53. The Morgan fingerprint density at radius 2 is 1.50 bits per heavy atom. The summed E-state index contributed by atoms with van der Waals surface area (Å²) in [7, 11) is 0. The van der Waals surface area contributed by atoms with E-state index >= 15 is 0 Å². The van der Waals surface area contributed by atoms with Crippen molar-refractivity contribution in [2.45, 2.75) is 6.04 Å². The van der Waals surface area contributed by atoms with Crippen molar-refractivity contribution < 1.29 is 8.78 Å². The highest BCUT2D eigenvalue weighted by Crippen LogP contribution is 2.20. The molecular weight excluding hydrogens is 208 g/mol. The van der Waals surface area contributed by atoms with Gasteiger partial charge in [-0.2, -0.15) is 0 Å². The highest BCUT2D eigenvalue weighted by atomic mass is 19.1. The van der Waals surface area contributed by atoms with E-state index in [-0.39, 0.29) is 11.6 Å². The standard InChI is InChI=1S/C13H11F2N/c14-11-6-4-9(5-7-11)13(16)10-2-1-3-12(15)8-10/h1-8,13H,16H2/t13-/m1/s1. The molecule has 0 aliphatic rings. The van der Waals surface area contributed by atoms with Crippen molar-refractivity contribution in [1.82, 2.24) is 0 Å². The second kappa shape index (κ2) is 4.41. The number of rotatable bonds is 2. The van der Waals surface area contributed by atoms with Crippen molar-refractivity contribution in [3.05, 3.63) is 71.3 Å². The maximum Gasteiger partial charge on any atom is 0.123 e. The summed E-state index contributed by atoms with van der Waals surface area (Å²) in [6.07, 6.45) is 0. The summed E-state index contributed by atoms with van der Waals surface area (Å²) in [5, 5.41) is 0. The molecule has 0 aromatic heterocycles. The van der Waals surface area contributed by atoms with E-state index < -0.39 is 6.04 Å². The van der Waals surface area contributed by atoms with E-state index in [1.54, 1.807) is 24.3 Å². The molecule has 0 saturated heterocycles. The Morgan fingerprint density at radius 1 is 0.812 bits per heavy atom. The summed E-state index contributed by atoms with van der Waals surface area (Å²) >= 11 is 0. The zero-order valence-corrected chi connectivity index (χ0v) is 8.53. The molecule has 0 spiro atoms. The fraction of sp³-hybridized carbons (Fsp3) is 0.0769. The van der Waals surface area contributed by atoms with E-state index in [0.29, 0.717) is 5.56 Å². The van der Waals surface area contributed by atoms with E-state index in [1.807, 2.05) is 0 Å². The molecule has 2 rings (SSSR count). The molecule has 0 aliphatic carbocycles. The summed E-state index contributed by atoms with van der Waals surface area (Å²) in [4.78, 5) is 0. The van der Waals surface area contributed by atoms with Gasteiger partial charge in [0.1, 0.15) is 11.6 Å². The lowest BCUT2D eigenvalue weighted by Gasteiger charge is -2.12. The summed E-state index contributed by atoms with van der Waals surface area (Å²) in [6, 6.07) is 11.6. The molecule has 2 aromatic rings. The first-order valence-electron chi connectivity index (χ1n) is 4.93. The van der Waals surface area contributed by atoms with E-state index in [9.17, 15) is 8.78 Å². The molecule has 1 nitrogen and oxygen atoms in total. The smallest absolute Gasteiger partial charge is 0.123 e. The van der Waals surface area contributed by atoms with Gasteiger partial charge in [-0.15, -0.1) is 0 Å². The third-order valence-corrected chi connectivity index (χ3v) is 2.44. The van der Waals surface area contributed by atoms with Gasteiger partial charge >= 0.3 is 0 Å². The number of hydrogen-bond acceptors (Lipinski definition) is 1. The van der Waals surface area contributed by atoms with E-state index in [0.717, 1.165) is 5.56 Å². The van der Waals surface area contributed by atoms with Crippen molar-refractivity contribution in [1.29, 1.82) is 0 Å². The minimum Gasteiger partial charge on any atom is -0.320 e. The topological polar surface area (TPSA) is 26.0 Å². The second-order valence-electron chi connectivity index (χ2n) is 3.58. The van der Waals surface area contributed by atoms with Crippen LogP contribution in [0.2, 0.25) is 0 Å². The van der Waals surface area contributed by atoms with Crippen molar-refractivity contribution in [2.75, 3.05) is 0 Å². The van der Waals surface area contributed by atoms with Crippen LogP contribution in [0.4, 0.5) is 8.78 Å². The van der Waals surface area contributed by atoms with Crippen LogP contribution >= 0.6 is 0 Å². The Bertz CT molecular complexity index is 480. The minimum absolute atomic E-state index is 0.310. The van der Waals surface area contributed by atoms with Crippen LogP contribution in [-0.4, -0.2) is 0 Å². The maximum atomic E-state index is 13.0. The normalized spacial score (nSPS) is 12.4. The first-order chi connectivity index (χ1) is 7.66. The van der Waals surface area contributed by atoms with Crippen LogP contribution in [0.3, 0.4) is 0 Å². The molecule has 0 unspecified atom stereocenters. The Morgan fingerprint density at radius 3 is 2.12 bits per heavy atom. The molecule has 1 atom stereocenters. The maximum absolute atomic E-state index is 13.0. The molecule has 0 fully saturated rings. The van der Waals surface area contributed by atoms with Gasteiger partial charge in [0.25, 0.3) is 0 Å². The zero-order chi connectivity index (χ0) is 11.5. The third kappa shape index (κ3) is 2.25. The van der Waals surface area contributed by atoms with Gasteiger partial charge in [0.15, 0.2) is 0 Å². The lowest BCUT2D eigenvalue weighted by Crippen LogP contribution is -2.11. The van der Waals surface area contributed by atoms with Gasteiger partial charge in [-0.1, -0.05) is 24.3 Å². The van der Waals surface area contributed by atoms with Gasteiger partial charge in [-0.05, 0) is 35.4 Å². The van der Waals surface area contributed by atoms with Crippen molar-refractivity contribution >= 4 is 0 Å². The lowest BCUT2D eigenvalue weighted by molar-refractivity contribution is 0.621. The number of nitrogens with two attached hydrogens (primary N) is 1. The number of hydrogen-bond donors (Lipinski definition) is 1. The lowest BCUT2D eigenvalue weighted by atomic mass is 10.00. The molecule has 16 heavy (non-hydrogen) atoms. The summed E-state index contributed by atoms with van der Waals surface area (Å²) < 4.78 is 25.7. The molecule has 2 N–H and O–H groups in total.